The molecule has 198 valence electrons. The van der Waals surface area contributed by atoms with Gasteiger partial charge in [-0.15, -0.1) is 11.3 Å². The van der Waals surface area contributed by atoms with Crippen LogP contribution in [0.3, 0.4) is 0 Å². The van der Waals surface area contributed by atoms with Crippen LogP contribution in [0.2, 0.25) is 18.1 Å². The van der Waals surface area contributed by atoms with Gasteiger partial charge in [-0.25, -0.2) is 9.78 Å². The predicted octanol–water partition coefficient (Wildman–Crippen LogP) is 2.59. The molecule has 1 heterocycles. The molecule has 0 spiro atoms. The number of aliphatic hydroxyl groups is 1. The third kappa shape index (κ3) is 7.60. The molecule has 2 rings (SSSR count). The van der Waals surface area contributed by atoms with Crippen LogP contribution in [-0.2, 0) is 18.8 Å². The number of benzene rings is 1. The Kier molecular flexibility index (Phi) is 10.2. The predicted molar refractivity (Wildman–Crippen MR) is 140 cm³/mol. The standard InChI is InChI=1S/C24H35N3O7SSi/c1-24(2,3)36(6,7)34-13-18(20(29)25-17(12-28)23(31)33-5)26-21(30)19-14-35-22(27-19)15-8-10-16(32-4)11-9-15/h8-11,14,17-18,28H,12-13H2,1-7H3,(H,25,29)(H,26,30)/t17-,18-/m0/s1. The molecule has 0 radical (unpaired) electrons. The number of nitrogens with zero attached hydrogens (tertiary/aromatic N) is 1. The van der Waals surface area contributed by atoms with Gasteiger partial charge in [0.15, 0.2) is 14.4 Å². The van der Waals surface area contributed by atoms with Gasteiger partial charge in [0.1, 0.15) is 22.5 Å². The molecule has 0 aliphatic heterocycles. The first-order chi connectivity index (χ1) is 16.8. The maximum Gasteiger partial charge on any atom is 0.330 e. The molecule has 0 unspecified atom stereocenters. The molecular formula is C24H35N3O7SSi. The highest BCUT2D eigenvalue weighted by atomic mass is 32.1. The number of ether oxygens (including phenoxy) is 2. The smallest absolute Gasteiger partial charge is 0.330 e. The van der Waals surface area contributed by atoms with Gasteiger partial charge in [-0.3, -0.25) is 9.59 Å². The van der Waals surface area contributed by atoms with Crippen molar-refractivity contribution in [3.63, 3.8) is 0 Å². The van der Waals surface area contributed by atoms with E-state index < -0.39 is 44.8 Å². The summed E-state index contributed by atoms with van der Waals surface area (Å²) < 4.78 is 15.9. The minimum Gasteiger partial charge on any atom is -0.497 e. The van der Waals surface area contributed by atoms with E-state index in [9.17, 15) is 19.5 Å². The first kappa shape index (κ1) is 29.4. The Hall–Kier alpha value is -2.80. The summed E-state index contributed by atoms with van der Waals surface area (Å²) in [5, 5.41) is 16.7. The normalized spacial score (nSPS) is 13.4. The zero-order chi connectivity index (χ0) is 27.1. The molecule has 36 heavy (non-hydrogen) atoms. The number of aliphatic hydroxyl groups excluding tert-OH is 1. The summed E-state index contributed by atoms with van der Waals surface area (Å²) in [6.07, 6.45) is 0. The van der Waals surface area contributed by atoms with Crippen LogP contribution >= 0.6 is 11.3 Å². The van der Waals surface area contributed by atoms with Crippen LogP contribution in [0.15, 0.2) is 29.6 Å². The third-order valence-corrected chi connectivity index (χ3v) is 11.5. The number of thiazole rings is 1. The summed E-state index contributed by atoms with van der Waals surface area (Å²) in [5.41, 5.74) is 0.960. The maximum absolute atomic E-state index is 13.0. The number of carbonyl (C=O) groups excluding carboxylic acids is 3. The Labute approximate surface area is 216 Å². The van der Waals surface area contributed by atoms with Crippen LogP contribution < -0.4 is 15.4 Å². The lowest BCUT2D eigenvalue weighted by Gasteiger charge is -2.37. The Morgan fingerprint density at radius 3 is 2.25 bits per heavy atom. The van der Waals surface area contributed by atoms with E-state index >= 15 is 0 Å². The zero-order valence-corrected chi connectivity index (χ0v) is 23.5. The number of nitrogens with one attached hydrogen (secondary N) is 2. The van der Waals surface area contributed by atoms with E-state index in [0.29, 0.717) is 10.8 Å². The highest BCUT2D eigenvalue weighted by molar-refractivity contribution is 7.13. The maximum atomic E-state index is 13.0. The largest absolute Gasteiger partial charge is 0.497 e. The van der Waals surface area contributed by atoms with Crippen molar-refractivity contribution in [2.24, 2.45) is 0 Å². The summed E-state index contributed by atoms with van der Waals surface area (Å²) in [6.45, 7) is 9.46. The van der Waals surface area contributed by atoms with Crippen molar-refractivity contribution in [1.82, 2.24) is 15.6 Å². The topological polar surface area (TPSA) is 136 Å². The number of aromatic nitrogens is 1. The zero-order valence-electron chi connectivity index (χ0n) is 21.7. The number of carbonyl (C=O) groups is 3. The summed E-state index contributed by atoms with van der Waals surface area (Å²) in [5.74, 6) is -1.34. The lowest BCUT2D eigenvalue weighted by Crippen LogP contribution is -2.56. The van der Waals surface area contributed by atoms with Crippen molar-refractivity contribution >= 4 is 37.4 Å². The SMILES string of the molecule is COC(=O)[C@H](CO)NC(=O)[C@H](CO[Si](C)(C)C(C)(C)C)NC(=O)c1csc(-c2ccc(OC)cc2)n1. The quantitative estimate of drug-likeness (QED) is 0.294. The van der Waals surface area contributed by atoms with E-state index in [0.717, 1.165) is 12.7 Å². The molecule has 0 fully saturated rings. The highest BCUT2D eigenvalue weighted by Crippen LogP contribution is 2.36. The lowest BCUT2D eigenvalue weighted by molar-refractivity contribution is -0.146. The third-order valence-electron chi connectivity index (χ3n) is 6.10. The van der Waals surface area contributed by atoms with E-state index in [2.05, 4.69) is 41.1 Å². The van der Waals surface area contributed by atoms with Crippen LogP contribution in [-0.4, -0.2) is 75.7 Å². The van der Waals surface area contributed by atoms with Crippen molar-refractivity contribution in [1.29, 1.82) is 0 Å². The van der Waals surface area contributed by atoms with Gasteiger partial charge < -0.3 is 29.6 Å². The van der Waals surface area contributed by atoms with Crippen molar-refractivity contribution in [2.45, 2.75) is 51.0 Å². The Balaban J connectivity index is 2.22. The van der Waals surface area contributed by atoms with Crippen molar-refractivity contribution in [3.05, 3.63) is 35.3 Å². The summed E-state index contributed by atoms with van der Waals surface area (Å²) >= 11 is 1.29. The number of hydrogen-bond donors (Lipinski definition) is 3. The fraction of sp³-hybridized carbons (Fsp3) is 0.500. The van der Waals surface area contributed by atoms with Crippen LogP contribution in [0.1, 0.15) is 31.3 Å². The van der Waals surface area contributed by atoms with Gasteiger partial charge in [0.2, 0.25) is 5.91 Å². The van der Waals surface area contributed by atoms with Gasteiger partial charge in [-0.2, -0.15) is 0 Å². The Morgan fingerprint density at radius 1 is 1.08 bits per heavy atom. The fourth-order valence-electron chi connectivity index (χ4n) is 2.76. The van der Waals surface area contributed by atoms with E-state index in [1.54, 1.807) is 24.6 Å². The van der Waals surface area contributed by atoms with Gasteiger partial charge in [0.05, 0.1) is 27.4 Å². The average Bonchev–Trinajstić information content (AvgIpc) is 3.34. The summed E-state index contributed by atoms with van der Waals surface area (Å²) in [4.78, 5) is 42.3. The number of esters is 1. The second kappa shape index (κ2) is 12.4. The van der Waals surface area contributed by atoms with Crippen molar-refractivity contribution < 1.29 is 33.4 Å². The van der Waals surface area contributed by atoms with Gasteiger partial charge in [0.25, 0.3) is 5.91 Å². The first-order valence-electron chi connectivity index (χ1n) is 11.4. The molecule has 12 heteroatoms. The van der Waals surface area contributed by atoms with E-state index in [1.165, 1.54) is 11.3 Å². The Bertz CT molecular complexity index is 1050. The van der Waals surface area contributed by atoms with Crippen LogP contribution in [0.4, 0.5) is 0 Å². The minimum absolute atomic E-state index is 0.108. The van der Waals surface area contributed by atoms with Gasteiger partial charge >= 0.3 is 5.97 Å². The molecule has 0 saturated carbocycles. The molecular weight excluding hydrogens is 502 g/mol. The van der Waals surface area contributed by atoms with Gasteiger partial charge in [-0.05, 0) is 42.4 Å². The number of rotatable bonds is 11. The van der Waals surface area contributed by atoms with Crippen molar-refractivity contribution in [3.8, 4) is 16.3 Å². The molecule has 2 aromatic rings. The second-order valence-electron chi connectivity index (χ2n) is 9.63. The van der Waals surface area contributed by atoms with Gasteiger partial charge in [-0.1, -0.05) is 20.8 Å². The van der Waals surface area contributed by atoms with Crippen molar-refractivity contribution in [2.75, 3.05) is 27.4 Å². The van der Waals surface area contributed by atoms with E-state index in [4.69, 9.17) is 9.16 Å². The minimum atomic E-state index is -2.26. The number of methoxy groups -OCH3 is 2. The first-order valence-corrected chi connectivity index (χ1v) is 15.2. The molecule has 1 aromatic heterocycles. The Morgan fingerprint density at radius 2 is 1.72 bits per heavy atom. The molecule has 3 N–H and O–H groups in total. The van der Waals surface area contributed by atoms with E-state index in [-0.39, 0.29) is 17.3 Å². The van der Waals surface area contributed by atoms with Crippen LogP contribution in [0.25, 0.3) is 10.6 Å². The average molecular weight is 538 g/mol. The molecule has 0 aliphatic carbocycles. The molecule has 1 aromatic carbocycles. The number of amides is 2. The molecule has 2 atom stereocenters. The van der Waals surface area contributed by atoms with Crippen LogP contribution in [0, 0.1) is 0 Å². The molecule has 10 nitrogen and oxygen atoms in total. The van der Waals surface area contributed by atoms with Crippen LogP contribution in [0.5, 0.6) is 5.75 Å². The summed E-state index contributed by atoms with van der Waals surface area (Å²) in [7, 11) is 0.467. The van der Waals surface area contributed by atoms with E-state index in [1.807, 2.05) is 25.2 Å². The number of hydrogen-bond acceptors (Lipinski definition) is 9. The lowest BCUT2D eigenvalue weighted by atomic mass is 10.2. The summed E-state index contributed by atoms with van der Waals surface area (Å²) in [6, 6.07) is 4.88. The second-order valence-corrected chi connectivity index (χ2v) is 15.3. The molecule has 2 amide bonds. The molecule has 0 bridgehead atoms. The molecule has 0 saturated heterocycles. The fourth-order valence-corrected chi connectivity index (χ4v) is 4.58. The van der Waals surface area contributed by atoms with Gasteiger partial charge in [0, 0.05) is 10.9 Å². The molecule has 0 aliphatic rings. The highest BCUT2D eigenvalue weighted by Gasteiger charge is 2.39. The monoisotopic (exact) mass is 537 g/mol.